The van der Waals surface area contributed by atoms with Crippen molar-refractivity contribution in [1.82, 2.24) is 9.97 Å². The van der Waals surface area contributed by atoms with Crippen LogP contribution in [0.5, 0.6) is 0 Å². The van der Waals surface area contributed by atoms with E-state index in [9.17, 15) is 4.79 Å². The molecule has 2 aromatic rings. The molecule has 17 heavy (non-hydrogen) atoms. The number of halogens is 1. The predicted molar refractivity (Wildman–Crippen MR) is 62.7 cm³/mol. The van der Waals surface area contributed by atoms with Gasteiger partial charge >= 0.3 is 0 Å². The maximum Gasteiger partial charge on any atom is 0.258 e. The fourth-order valence-electron chi connectivity index (χ4n) is 1.29. The van der Waals surface area contributed by atoms with Crippen LogP contribution in [0.1, 0.15) is 16.1 Å². The van der Waals surface area contributed by atoms with Crippen LogP contribution in [-0.2, 0) is 0 Å². The number of imidazole rings is 1. The van der Waals surface area contributed by atoms with Gasteiger partial charge in [0.15, 0.2) is 11.5 Å². The van der Waals surface area contributed by atoms with E-state index in [-0.39, 0.29) is 11.5 Å². The van der Waals surface area contributed by atoms with Crippen molar-refractivity contribution in [2.75, 3.05) is 5.32 Å². The van der Waals surface area contributed by atoms with Gasteiger partial charge in [-0.15, -0.1) is 0 Å². The number of aromatic amines is 1. The van der Waals surface area contributed by atoms with Gasteiger partial charge in [-0.1, -0.05) is 23.7 Å². The number of anilines is 1. The Morgan fingerprint density at radius 1 is 1.47 bits per heavy atom. The van der Waals surface area contributed by atoms with E-state index >= 15 is 0 Å². The second kappa shape index (κ2) is 4.68. The number of amides is 1. The molecular formula is C11H7ClN4O. The molecule has 1 heterocycles. The van der Waals surface area contributed by atoms with Crippen molar-refractivity contribution in [2.45, 2.75) is 0 Å². The van der Waals surface area contributed by atoms with Crippen molar-refractivity contribution in [1.29, 1.82) is 5.26 Å². The van der Waals surface area contributed by atoms with E-state index in [1.165, 1.54) is 6.33 Å². The molecule has 0 radical (unpaired) electrons. The molecule has 5 nitrogen and oxygen atoms in total. The lowest BCUT2D eigenvalue weighted by molar-refractivity contribution is 0.102. The zero-order chi connectivity index (χ0) is 12.3. The quantitative estimate of drug-likeness (QED) is 0.852. The minimum atomic E-state index is -0.404. The Bertz CT molecular complexity index is 600. The minimum absolute atomic E-state index is 0.192. The highest BCUT2D eigenvalue weighted by atomic mass is 35.5. The summed E-state index contributed by atoms with van der Waals surface area (Å²) in [6.45, 7) is 0. The highest BCUT2D eigenvalue weighted by Gasteiger charge is 2.13. The average molecular weight is 247 g/mol. The summed E-state index contributed by atoms with van der Waals surface area (Å²) in [7, 11) is 0. The van der Waals surface area contributed by atoms with Crippen molar-refractivity contribution < 1.29 is 4.79 Å². The number of nitrogens with zero attached hydrogens (tertiary/aromatic N) is 2. The zero-order valence-corrected chi connectivity index (χ0v) is 9.32. The topological polar surface area (TPSA) is 81.6 Å². The molecule has 84 valence electrons. The van der Waals surface area contributed by atoms with E-state index < -0.39 is 5.91 Å². The Morgan fingerprint density at radius 3 is 2.94 bits per heavy atom. The van der Waals surface area contributed by atoms with Gasteiger partial charge in [-0.3, -0.25) is 4.79 Å². The molecule has 0 saturated carbocycles. The first-order chi connectivity index (χ1) is 8.22. The molecule has 0 atom stereocenters. The van der Waals surface area contributed by atoms with Crippen LogP contribution in [0.2, 0.25) is 5.02 Å². The summed E-state index contributed by atoms with van der Waals surface area (Å²) in [6, 6.07) is 8.53. The van der Waals surface area contributed by atoms with Crippen molar-refractivity contribution in [2.24, 2.45) is 0 Å². The van der Waals surface area contributed by atoms with Crippen LogP contribution in [-0.4, -0.2) is 15.9 Å². The number of H-pyrrole nitrogens is 1. The third-order valence-electron chi connectivity index (χ3n) is 2.10. The van der Waals surface area contributed by atoms with Crippen LogP contribution in [0.15, 0.2) is 30.6 Å². The minimum Gasteiger partial charge on any atom is -0.335 e. The summed E-state index contributed by atoms with van der Waals surface area (Å²) in [4.78, 5) is 18.3. The number of nitriles is 1. The van der Waals surface area contributed by atoms with E-state index in [1.54, 1.807) is 24.3 Å². The fourth-order valence-corrected chi connectivity index (χ4v) is 1.52. The second-order valence-corrected chi connectivity index (χ2v) is 3.58. The standard InChI is InChI=1S/C11H7ClN4O/c12-8-4-2-1-3-7(8)11(17)16-10-9(5-13)14-6-15-10/h1-4,6H,(H,14,15)(H,16,17). The van der Waals surface area contributed by atoms with E-state index in [1.807, 2.05) is 6.07 Å². The predicted octanol–water partition coefficient (Wildman–Crippen LogP) is 2.19. The molecule has 0 bridgehead atoms. The lowest BCUT2D eigenvalue weighted by atomic mass is 10.2. The Hall–Kier alpha value is -2.32. The normalized spacial score (nSPS) is 9.65. The van der Waals surface area contributed by atoms with E-state index in [2.05, 4.69) is 15.3 Å². The number of hydrogen-bond donors (Lipinski definition) is 2. The van der Waals surface area contributed by atoms with Gasteiger partial charge < -0.3 is 10.3 Å². The molecule has 0 aliphatic carbocycles. The third-order valence-corrected chi connectivity index (χ3v) is 2.43. The van der Waals surface area contributed by atoms with Crippen LogP contribution in [0.4, 0.5) is 5.82 Å². The monoisotopic (exact) mass is 246 g/mol. The van der Waals surface area contributed by atoms with Gasteiger partial charge in [-0.25, -0.2) is 4.98 Å². The SMILES string of the molecule is N#Cc1[nH]cnc1NC(=O)c1ccccc1Cl. The number of carbonyl (C=O) groups excluding carboxylic acids is 1. The molecule has 6 heteroatoms. The zero-order valence-electron chi connectivity index (χ0n) is 8.57. The van der Waals surface area contributed by atoms with Crippen LogP contribution < -0.4 is 5.32 Å². The molecule has 2 N–H and O–H groups in total. The van der Waals surface area contributed by atoms with Crippen LogP contribution in [0.3, 0.4) is 0 Å². The Morgan fingerprint density at radius 2 is 2.24 bits per heavy atom. The number of nitrogens with one attached hydrogen (secondary N) is 2. The first-order valence-electron chi connectivity index (χ1n) is 4.71. The molecule has 0 unspecified atom stereocenters. The molecule has 1 aromatic carbocycles. The summed E-state index contributed by atoms with van der Waals surface area (Å²) in [6.07, 6.45) is 1.33. The van der Waals surface area contributed by atoms with E-state index in [0.717, 1.165) is 0 Å². The Labute approximate surface area is 102 Å². The lowest BCUT2D eigenvalue weighted by Crippen LogP contribution is -2.13. The van der Waals surface area contributed by atoms with Gasteiger partial charge in [0.1, 0.15) is 6.07 Å². The molecule has 0 saturated heterocycles. The fraction of sp³-hybridized carbons (Fsp3) is 0. The number of benzene rings is 1. The van der Waals surface area contributed by atoms with Crippen LogP contribution >= 0.6 is 11.6 Å². The van der Waals surface area contributed by atoms with Crippen molar-refractivity contribution in [3.8, 4) is 6.07 Å². The average Bonchev–Trinajstić information content (AvgIpc) is 2.76. The first-order valence-corrected chi connectivity index (χ1v) is 5.09. The van der Waals surface area contributed by atoms with Crippen LogP contribution in [0, 0.1) is 11.3 Å². The summed E-state index contributed by atoms with van der Waals surface area (Å²) in [5.74, 6) is -0.211. The lowest BCUT2D eigenvalue weighted by Gasteiger charge is -2.03. The van der Waals surface area contributed by atoms with Crippen molar-refractivity contribution in [3.63, 3.8) is 0 Å². The van der Waals surface area contributed by atoms with Gasteiger partial charge in [0.25, 0.3) is 5.91 Å². The third kappa shape index (κ3) is 2.27. The van der Waals surface area contributed by atoms with Gasteiger partial charge in [0.05, 0.1) is 16.9 Å². The van der Waals surface area contributed by atoms with Crippen molar-refractivity contribution >= 4 is 23.3 Å². The summed E-state index contributed by atoms with van der Waals surface area (Å²) in [5.41, 5.74) is 0.534. The maximum atomic E-state index is 11.8. The molecule has 0 aliphatic rings. The first kappa shape index (κ1) is 11.2. The molecule has 1 aromatic heterocycles. The summed E-state index contributed by atoms with van der Waals surface area (Å²) >= 11 is 5.88. The molecule has 0 spiro atoms. The maximum absolute atomic E-state index is 11.8. The van der Waals surface area contributed by atoms with Crippen molar-refractivity contribution in [3.05, 3.63) is 46.9 Å². The summed E-state index contributed by atoms with van der Waals surface area (Å²) < 4.78 is 0. The van der Waals surface area contributed by atoms with E-state index in [0.29, 0.717) is 10.6 Å². The van der Waals surface area contributed by atoms with Gasteiger partial charge in [-0.05, 0) is 12.1 Å². The Balaban J connectivity index is 2.24. The highest BCUT2D eigenvalue weighted by molar-refractivity contribution is 6.34. The molecule has 0 aliphatic heterocycles. The molecule has 1 amide bonds. The van der Waals surface area contributed by atoms with E-state index in [4.69, 9.17) is 16.9 Å². The van der Waals surface area contributed by atoms with Gasteiger partial charge in [0, 0.05) is 0 Å². The summed E-state index contributed by atoms with van der Waals surface area (Å²) in [5, 5.41) is 11.6. The number of aromatic nitrogens is 2. The van der Waals surface area contributed by atoms with Gasteiger partial charge in [-0.2, -0.15) is 5.26 Å². The number of hydrogen-bond acceptors (Lipinski definition) is 3. The largest absolute Gasteiger partial charge is 0.335 e. The highest BCUT2D eigenvalue weighted by Crippen LogP contribution is 2.17. The smallest absolute Gasteiger partial charge is 0.258 e. The number of rotatable bonds is 2. The number of carbonyl (C=O) groups is 1. The molecular weight excluding hydrogens is 240 g/mol. The molecule has 0 fully saturated rings. The molecule has 2 rings (SSSR count). The second-order valence-electron chi connectivity index (χ2n) is 3.17. The van der Waals surface area contributed by atoms with Crippen LogP contribution in [0.25, 0.3) is 0 Å². The Kier molecular flexibility index (Phi) is 3.08. The van der Waals surface area contributed by atoms with Gasteiger partial charge in [0.2, 0.25) is 0 Å².